The lowest BCUT2D eigenvalue weighted by Crippen LogP contribution is -2.62. The summed E-state index contributed by atoms with van der Waals surface area (Å²) in [6.07, 6.45) is 45.2. The predicted molar refractivity (Wildman–Crippen MR) is 178 cm³/mol. The number of fused-ring (bicyclic) bond motifs is 9. The zero-order valence-corrected chi connectivity index (χ0v) is 26.9. The number of allylic oxidation sites excluding steroid dienone is 9. The van der Waals surface area contributed by atoms with Gasteiger partial charge >= 0.3 is 0 Å². The van der Waals surface area contributed by atoms with E-state index in [1.165, 1.54) is 89.9 Å². The summed E-state index contributed by atoms with van der Waals surface area (Å²) < 4.78 is 7.35. The summed E-state index contributed by atoms with van der Waals surface area (Å²) in [4.78, 5) is 0. The number of rotatable bonds is 3. The van der Waals surface area contributed by atoms with Gasteiger partial charge in [0.05, 0.1) is 23.0 Å². The van der Waals surface area contributed by atoms with Crippen molar-refractivity contribution >= 4 is 11.8 Å². The van der Waals surface area contributed by atoms with Gasteiger partial charge in [-0.05, 0) is 136 Å². The van der Waals surface area contributed by atoms with E-state index in [9.17, 15) is 0 Å². The first-order valence-electron chi connectivity index (χ1n) is 18.5. The second-order valence-electron chi connectivity index (χ2n) is 16.0. The van der Waals surface area contributed by atoms with E-state index in [4.69, 9.17) is 4.74 Å². The predicted octanol–water partition coefficient (Wildman–Crippen LogP) is 8.73. The average molecular weight is 599 g/mol. The summed E-state index contributed by atoms with van der Waals surface area (Å²) in [5.74, 6) is 7.47. The number of nitrogens with one attached hydrogen (secondary N) is 2. The van der Waals surface area contributed by atoms with E-state index in [0.29, 0.717) is 40.2 Å². The number of hydrogen-bond acceptors (Lipinski definition) is 4. The number of hydrogen-bond donors (Lipinski definition) is 2. The summed E-state index contributed by atoms with van der Waals surface area (Å²) in [5.41, 5.74) is 7.92. The van der Waals surface area contributed by atoms with Crippen molar-refractivity contribution < 1.29 is 4.74 Å². The van der Waals surface area contributed by atoms with Crippen molar-refractivity contribution in [1.82, 2.24) is 10.9 Å². The first-order valence-corrected chi connectivity index (χ1v) is 19.4. The normalized spacial score (nSPS) is 53.4. The molecule has 4 heteroatoms. The van der Waals surface area contributed by atoms with Gasteiger partial charge in [0.25, 0.3) is 0 Å². The molecular weight excluding hydrogens is 545 g/mol. The van der Waals surface area contributed by atoms with Gasteiger partial charge in [0.1, 0.15) is 0 Å². The molecule has 0 aromatic carbocycles. The van der Waals surface area contributed by atoms with Crippen molar-refractivity contribution in [2.45, 2.75) is 113 Å². The van der Waals surface area contributed by atoms with E-state index in [1.807, 2.05) is 0 Å². The molecule has 2 heterocycles. The standard InChI is InChI=1S/C39H54N2OS/c1-2-11-25(12-3-1)37-40-41-38(43-37)28-14-10-13-26(23-28)27-21-22-34-36(24-27)42-35-20-9-8-19-33(35)39(34)31-17-6-4-15-29(31)30-16-5-7-18-32(30)39/h2,4-6,10-11,13,15-17,25-38,40-41H,1,3,7-9,12,14,18-24H2. The molecule has 9 aliphatic rings. The second-order valence-corrected chi connectivity index (χ2v) is 17.2. The highest BCUT2D eigenvalue weighted by Crippen LogP contribution is 2.72. The summed E-state index contributed by atoms with van der Waals surface area (Å²) in [5, 5.41) is 1.08. The van der Waals surface area contributed by atoms with Crippen molar-refractivity contribution in [3.63, 3.8) is 0 Å². The quantitative estimate of drug-likeness (QED) is 0.318. The molecule has 43 heavy (non-hydrogen) atoms. The van der Waals surface area contributed by atoms with Crippen LogP contribution in [0.4, 0.5) is 0 Å². The molecule has 0 amide bonds. The average Bonchev–Trinajstić information content (AvgIpc) is 3.68. The van der Waals surface area contributed by atoms with Crippen molar-refractivity contribution in [3.8, 4) is 0 Å². The van der Waals surface area contributed by atoms with E-state index in [2.05, 4.69) is 83.4 Å². The van der Waals surface area contributed by atoms with Gasteiger partial charge in [-0.2, -0.15) is 0 Å². The summed E-state index contributed by atoms with van der Waals surface area (Å²) in [6, 6.07) is 0. The molecule has 15 atom stereocenters. The van der Waals surface area contributed by atoms with Crippen LogP contribution in [0.15, 0.2) is 60.8 Å². The van der Waals surface area contributed by atoms with E-state index in [0.717, 1.165) is 47.3 Å². The third kappa shape index (κ3) is 4.62. The molecule has 2 saturated heterocycles. The van der Waals surface area contributed by atoms with Crippen LogP contribution in [-0.2, 0) is 4.74 Å². The topological polar surface area (TPSA) is 33.3 Å². The van der Waals surface area contributed by atoms with Gasteiger partial charge in [-0.3, -0.25) is 0 Å². The molecule has 15 unspecified atom stereocenters. The molecule has 3 saturated carbocycles. The van der Waals surface area contributed by atoms with Gasteiger partial charge in [0.2, 0.25) is 0 Å². The Bertz CT molecular complexity index is 1190. The van der Waals surface area contributed by atoms with Crippen LogP contribution in [-0.4, -0.2) is 23.0 Å². The number of thioether (sulfide) groups is 1. The van der Waals surface area contributed by atoms with Crippen molar-refractivity contribution in [2.24, 2.45) is 64.6 Å². The minimum atomic E-state index is 0.448. The molecule has 0 bridgehead atoms. The van der Waals surface area contributed by atoms with Crippen molar-refractivity contribution in [1.29, 1.82) is 0 Å². The Kier molecular flexibility index (Phi) is 7.62. The van der Waals surface area contributed by atoms with Gasteiger partial charge in [0.15, 0.2) is 0 Å². The van der Waals surface area contributed by atoms with Gasteiger partial charge < -0.3 is 4.74 Å². The number of hydrazine groups is 1. The minimum Gasteiger partial charge on any atom is -0.374 e. The number of ether oxygens (including phenoxy) is 1. The SMILES string of the molecule is C1=CC2C3C=CCCC3C3(C2C=C1)C1CCCCC1OC1CC(C2C=CCC(C4NNC(C5C=CCCC5)S4)C2)CCC13. The Morgan fingerprint density at radius 2 is 1.47 bits per heavy atom. The van der Waals surface area contributed by atoms with E-state index in [-0.39, 0.29) is 0 Å². The Labute approximate surface area is 264 Å². The van der Waals surface area contributed by atoms with Crippen LogP contribution in [0.2, 0.25) is 0 Å². The second kappa shape index (κ2) is 11.6. The molecule has 0 radical (unpaired) electrons. The molecular formula is C39H54N2OS. The minimum absolute atomic E-state index is 0.448. The molecule has 2 aliphatic heterocycles. The van der Waals surface area contributed by atoms with Crippen LogP contribution in [0, 0.1) is 64.6 Å². The molecule has 2 N–H and O–H groups in total. The fraction of sp³-hybridized carbons (Fsp3) is 0.744. The van der Waals surface area contributed by atoms with Gasteiger partial charge in [-0.25, -0.2) is 10.9 Å². The molecule has 1 spiro atoms. The van der Waals surface area contributed by atoms with E-state index < -0.39 is 0 Å². The van der Waals surface area contributed by atoms with E-state index >= 15 is 0 Å². The van der Waals surface area contributed by atoms with Gasteiger partial charge in [0, 0.05) is 5.92 Å². The Balaban J connectivity index is 0.950. The van der Waals surface area contributed by atoms with E-state index in [1.54, 1.807) is 0 Å². The van der Waals surface area contributed by atoms with Crippen molar-refractivity contribution in [2.75, 3.05) is 0 Å². The van der Waals surface area contributed by atoms with Crippen molar-refractivity contribution in [3.05, 3.63) is 60.8 Å². The molecule has 5 fully saturated rings. The zero-order chi connectivity index (χ0) is 28.4. The zero-order valence-electron chi connectivity index (χ0n) is 26.1. The fourth-order valence-corrected chi connectivity index (χ4v) is 14.2. The highest BCUT2D eigenvalue weighted by atomic mass is 32.2. The lowest BCUT2D eigenvalue weighted by molar-refractivity contribution is -0.240. The van der Waals surface area contributed by atoms with Gasteiger partial charge in [-0.1, -0.05) is 73.6 Å². The largest absolute Gasteiger partial charge is 0.374 e. The molecule has 232 valence electrons. The lowest BCUT2D eigenvalue weighted by atomic mass is 9.46. The first kappa shape index (κ1) is 28.2. The fourth-order valence-electron chi connectivity index (χ4n) is 12.7. The lowest BCUT2D eigenvalue weighted by Gasteiger charge is -2.63. The highest BCUT2D eigenvalue weighted by Gasteiger charge is 2.69. The van der Waals surface area contributed by atoms with Crippen LogP contribution < -0.4 is 10.9 Å². The smallest absolute Gasteiger partial charge is 0.0745 e. The highest BCUT2D eigenvalue weighted by molar-refractivity contribution is 8.00. The monoisotopic (exact) mass is 598 g/mol. The molecule has 7 aliphatic carbocycles. The van der Waals surface area contributed by atoms with Crippen LogP contribution in [0.25, 0.3) is 0 Å². The Morgan fingerprint density at radius 1 is 0.605 bits per heavy atom. The third-order valence-corrected chi connectivity index (χ3v) is 15.8. The molecule has 0 aromatic rings. The first-order chi connectivity index (χ1) is 21.3. The summed E-state index contributed by atoms with van der Waals surface area (Å²) in [7, 11) is 0. The third-order valence-electron chi connectivity index (χ3n) is 14.2. The molecule has 3 nitrogen and oxygen atoms in total. The maximum Gasteiger partial charge on any atom is 0.0745 e. The van der Waals surface area contributed by atoms with Crippen LogP contribution >= 0.6 is 11.8 Å². The molecule has 0 aromatic heterocycles. The summed E-state index contributed by atoms with van der Waals surface area (Å²) in [6.45, 7) is 0. The maximum absolute atomic E-state index is 7.35. The molecule has 9 rings (SSSR count). The van der Waals surface area contributed by atoms with Crippen LogP contribution in [0.3, 0.4) is 0 Å². The maximum atomic E-state index is 7.35. The Morgan fingerprint density at radius 3 is 2.42 bits per heavy atom. The van der Waals surface area contributed by atoms with Crippen LogP contribution in [0.5, 0.6) is 0 Å². The van der Waals surface area contributed by atoms with Crippen LogP contribution in [0.1, 0.15) is 89.9 Å². The van der Waals surface area contributed by atoms with Gasteiger partial charge in [-0.15, -0.1) is 11.8 Å². The summed E-state index contributed by atoms with van der Waals surface area (Å²) >= 11 is 2.19. The Hall–Kier alpha value is -1.07.